The van der Waals surface area contributed by atoms with Crippen LogP contribution in [-0.4, -0.2) is 20.7 Å². The number of aldehydes is 1. The first-order chi connectivity index (χ1) is 15.0. The molecule has 0 heterocycles. The van der Waals surface area contributed by atoms with E-state index in [-0.39, 0.29) is 11.1 Å². The minimum Gasteiger partial charge on any atom is -0.404 e. The molecule has 3 aromatic carbocycles. The predicted octanol–water partition coefficient (Wildman–Crippen LogP) is 5.54. The molecule has 1 atom stereocenters. The fourth-order valence-corrected chi connectivity index (χ4v) is 9.18. The third kappa shape index (κ3) is 5.60. The summed E-state index contributed by atoms with van der Waals surface area (Å²) >= 11 is 0. The molecular formula is C28H34O2Si. The van der Waals surface area contributed by atoms with Crippen LogP contribution < -0.4 is 10.4 Å². The van der Waals surface area contributed by atoms with Crippen LogP contribution in [-0.2, 0) is 15.6 Å². The van der Waals surface area contributed by atoms with Crippen molar-refractivity contribution in [2.24, 2.45) is 0 Å². The highest BCUT2D eigenvalue weighted by Gasteiger charge is 2.51. The van der Waals surface area contributed by atoms with E-state index < -0.39 is 8.32 Å². The molecule has 0 spiro atoms. The Kier molecular flexibility index (Phi) is 8.00. The Bertz CT molecular complexity index is 878. The molecule has 162 valence electrons. The Morgan fingerprint density at radius 1 is 0.774 bits per heavy atom. The molecule has 2 nitrogen and oxygen atoms in total. The van der Waals surface area contributed by atoms with Crippen molar-refractivity contribution in [3.05, 3.63) is 96.6 Å². The molecule has 0 fully saturated rings. The lowest BCUT2D eigenvalue weighted by Gasteiger charge is -2.45. The van der Waals surface area contributed by atoms with E-state index in [9.17, 15) is 4.79 Å². The number of hydrogen-bond donors (Lipinski definition) is 0. The smallest absolute Gasteiger partial charge is 0.261 e. The van der Waals surface area contributed by atoms with Crippen LogP contribution in [0.15, 0.2) is 91.0 Å². The third-order valence-electron chi connectivity index (χ3n) is 5.96. The van der Waals surface area contributed by atoms with E-state index in [1.54, 1.807) is 0 Å². The number of hydrogen-bond acceptors (Lipinski definition) is 2. The summed E-state index contributed by atoms with van der Waals surface area (Å²) in [5.41, 5.74) is 1.31. The number of aryl methyl sites for hydroxylation is 1. The molecule has 0 amide bonds. The maximum atomic E-state index is 11.2. The molecule has 3 aromatic rings. The van der Waals surface area contributed by atoms with Gasteiger partial charge in [0.05, 0.1) is 0 Å². The molecule has 31 heavy (non-hydrogen) atoms. The zero-order valence-corrected chi connectivity index (χ0v) is 20.0. The molecule has 1 unspecified atom stereocenters. The van der Waals surface area contributed by atoms with Crippen LogP contribution in [0.25, 0.3) is 0 Å². The lowest BCUT2D eigenvalue weighted by Crippen LogP contribution is -2.67. The van der Waals surface area contributed by atoms with E-state index in [1.807, 2.05) is 6.07 Å². The zero-order chi connectivity index (χ0) is 22.2. The summed E-state index contributed by atoms with van der Waals surface area (Å²) in [6.45, 7) is 6.90. The first-order valence-electron chi connectivity index (χ1n) is 11.2. The summed E-state index contributed by atoms with van der Waals surface area (Å²) in [7, 11) is -2.62. The van der Waals surface area contributed by atoms with Gasteiger partial charge in [0, 0.05) is 12.5 Å². The van der Waals surface area contributed by atoms with Gasteiger partial charge >= 0.3 is 0 Å². The van der Waals surface area contributed by atoms with Gasteiger partial charge < -0.3 is 9.22 Å². The van der Waals surface area contributed by atoms with Crippen LogP contribution in [0.3, 0.4) is 0 Å². The minimum absolute atomic E-state index is 0.0247. The molecule has 0 saturated heterocycles. The molecule has 0 aliphatic heterocycles. The van der Waals surface area contributed by atoms with Crippen molar-refractivity contribution in [1.29, 1.82) is 0 Å². The van der Waals surface area contributed by atoms with Crippen molar-refractivity contribution in [3.63, 3.8) is 0 Å². The van der Waals surface area contributed by atoms with Gasteiger partial charge in [-0.05, 0) is 40.2 Å². The molecule has 0 radical (unpaired) electrons. The lowest BCUT2D eigenvalue weighted by atomic mass is 10.0. The highest BCUT2D eigenvalue weighted by molar-refractivity contribution is 6.99. The Hall–Kier alpha value is -2.49. The third-order valence-corrected chi connectivity index (χ3v) is 11.1. The molecule has 0 N–H and O–H groups in total. The van der Waals surface area contributed by atoms with Crippen molar-refractivity contribution in [2.45, 2.75) is 57.6 Å². The highest BCUT2D eigenvalue weighted by atomic mass is 28.4. The molecule has 0 bridgehead atoms. The Morgan fingerprint density at radius 3 is 1.71 bits per heavy atom. The Morgan fingerprint density at radius 2 is 1.26 bits per heavy atom. The average molecular weight is 431 g/mol. The predicted molar refractivity (Wildman–Crippen MR) is 133 cm³/mol. The number of benzene rings is 3. The molecule has 3 heteroatoms. The maximum Gasteiger partial charge on any atom is 0.261 e. The van der Waals surface area contributed by atoms with E-state index in [1.165, 1.54) is 15.9 Å². The van der Waals surface area contributed by atoms with Crippen molar-refractivity contribution in [3.8, 4) is 0 Å². The van der Waals surface area contributed by atoms with Crippen LogP contribution in [0.2, 0.25) is 5.04 Å². The van der Waals surface area contributed by atoms with Gasteiger partial charge in [-0.1, -0.05) is 112 Å². The number of carbonyl (C=O) groups is 1. The van der Waals surface area contributed by atoms with Crippen LogP contribution in [0.4, 0.5) is 0 Å². The molecule has 0 saturated carbocycles. The largest absolute Gasteiger partial charge is 0.404 e. The first kappa shape index (κ1) is 23.2. The van der Waals surface area contributed by atoms with Crippen LogP contribution >= 0.6 is 0 Å². The van der Waals surface area contributed by atoms with E-state index >= 15 is 0 Å². The monoisotopic (exact) mass is 430 g/mol. The van der Waals surface area contributed by atoms with Gasteiger partial charge in [-0.2, -0.15) is 0 Å². The minimum atomic E-state index is -2.62. The molecular weight excluding hydrogens is 396 g/mol. The van der Waals surface area contributed by atoms with E-state index in [4.69, 9.17) is 4.43 Å². The average Bonchev–Trinajstić information content (AvgIpc) is 2.79. The second-order valence-corrected chi connectivity index (χ2v) is 13.4. The summed E-state index contributed by atoms with van der Waals surface area (Å²) in [5.74, 6) is 0. The molecule has 0 aliphatic carbocycles. The van der Waals surface area contributed by atoms with Gasteiger partial charge in [0.2, 0.25) is 0 Å². The van der Waals surface area contributed by atoms with E-state index in [0.717, 1.165) is 25.5 Å². The summed E-state index contributed by atoms with van der Waals surface area (Å²) in [4.78, 5) is 11.2. The van der Waals surface area contributed by atoms with Gasteiger partial charge in [-0.3, -0.25) is 0 Å². The highest BCUT2D eigenvalue weighted by Crippen LogP contribution is 2.38. The fourth-order valence-electron chi connectivity index (χ4n) is 4.43. The zero-order valence-electron chi connectivity index (χ0n) is 19.0. The van der Waals surface area contributed by atoms with Crippen molar-refractivity contribution in [2.75, 3.05) is 0 Å². The summed E-state index contributed by atoms with van der Waals surface area (Å²) in [6, 6.07) is 32.0. The standard InChI is InChI=1S/C28H34O2Si/c1-28(2,3)31(26-17-9-5-10-18-26,27-19-11-6-12-20-27)30-25(16-13-23-29)22-21-24-14-7-4-8-15-24/h4-12,14-15,17-20,23,25H,13,16,21-22H2,1-3H3. The fraction of sp³-hybridized carbons (Fsp3) is 0.321. The van der Waals surface area contributed by atoms with Gasteiger partial charge in [0.15, 0.2) is 0 Å². The van der Waals surface area contributed by atoms with Crippen molar-refractivity contribution >= 4 is 25.0 Å². The van der Waals surface area contributed by atoms with Crippen molar-refractivity contribution in [1.82, 2.24) is 0 Å². The van der Waals surface area contributed by atoms with E-state index in [0.29, 0.717) is 6.42 Å². The van der Waals surface area contributed by atoms with Crippen LogP contribution in [0, 0.1) is 0 Å². The second-order valence-electron chi connectivity index (χ2n) is 9.17. The van der Waals surface area contributed by atoms with Gasteiger partial charge in [0.1, 0.15) is 6.29 Å². The molecule has 3 rings (SSSR count). The van der Waals surface area contributed by atoms with Gasteiger partial charge in [-0.25, -0.2) is 0 Å². The van der Waals surface area contributed by atoms with Gasteiger partial charge in [0.25, 0.3) is 8.32 Å². The lowest BCUT2D eigenvalue weighted by molar-refractivity contribution is -0.108. The molecule has 0 aliphatic rings. The van der Waals surface area contributed by atoms with Crippen LogP contribution in [0.5, 0.6) is 0 Å². The molecule has 0 aromatic heterocycles. The second kappa shape index (κ2) is 10.7. The summed E-state index contributed by atoms with van der Waals surface area (Å²) in [6.07, 6.45) is 4.17. The Labute approximate surface area is 188 Å². The van der Waals surface area contributed by atoms with Gasteiger partial charge in [-0.15, -0.1) is 0 Å². The number of carbonyl (C=O) groups excluding carboxylic acids is 1. The summed E-state index contributed by atoms with van der Waals surface area (Å²) in [5, 5.41) is 2.50. The van der Waals surface area contributed by atoms with Crippen LogP contribution in [0.1, 0.15) is 45.6 Å². The topological polar surface area (TPSA) is 26.3 Å². The number of rotatable bonds is 10. The normalized spacial score (nSPS) is 13.0. The van der Waals surface area contributed by atoms with Crippen molar-refractivity contribution < 1.29 is 9.22 Å². The summed E-state index contributed by atoms with van der Waals surface area (Å²) < 4.78 is 7.28. The van der Waals surface area contributed by atoms with E-state index in [2.05, 4.69) is 106 Å². The SMILES string of the molecule is CC(C)(C)[Si](OC(CCC=O)CCc1ccccc1)(c1ccccc1)c1ccccc1. The maximum absolute atomic E-state index is 11.2. The first-order valence-corrected chi connectivity index (χ1v) is 13.1. The Balaban J connectivity index is 2.02. The quantitative estimate of drug-likeness (QED) is 0.312.